The molecule has 0 amide bonds. The highest BCUT2D eigenvalue weighted by Gasteiger charge is 2.23. The largest absolute Gasteiger partial charge is 0.493 e. The number of hydrogen-bond acceptors (Lipinski definition) is 5. The van der Waals surface area contributed by atoms with Crippen LogP contribution in [-0.4, -0.2) is 53.0 Å². The standard InChI is InChI=1S/C23H32N4O3.HI/c1-5-24-23(26-18-11-12-27(16-18)19-9-7-6-8-10-19)25-15-17-13-20(28-2)22(30-4)21(14-17)29-3;/h6-10,13-14,18H,5,11-12,15-16H2,1-4H3,(H2,24,25,26);1H. The highest BCUT2D eigenvalue weighted by atomic mass is 127. The minimum atomic E-state index is 0. The van der Waals surface area contributed by atoms with E-state index in [2.05, 4.69) is 46.7 Å². The van der Waals surface area contributed by atoms with Gasteiger partial charge in [0.2, 0.25) is 5.75 Å². The molecule has 0 bridgehead atoms. The van der Waals surface area contributed by atoms with Gasteiger partial charge in [-0.2, -0.15) is 0 Å². The van der Waals surface area contributed by atoms with E-state index in [1.807, 2.05) is 18.2 Å². The van der Waals surface area contributed by atoms with Gasteiger partial charge in [-0.15, -0.1) is 24.0 Å². The van der Waals surface area contributed by atoms with Crippen LogP contribution in [0.25, 0.3) is 0 Å². The van der Waals surface area contributed by atoms with Crippen molar-refractivity contribution in [2.24, 2.45) is 4.99 Å². The van der Waals surface area contributed by atoms with E-state index in [0.29, 0.717) is 29.8 Å². The second-order valence-corrected chi connectivity index (χ2v) is 7.14. The third-order valence-corrected chi connectivity index (χ3v) is 5.14. The first kappa shape index (κ1) is 24.9. The SMILES string of the molecule is CCNC(=NCc1cc(OC)c(OC)c(OC)c1)NC1CCN(c2ccccc2)C1.I. The van der Waals surface area contributed by atoms with Crippen LogP contribution >= 0.6 is 24.0 Å². The molecule has 170 valence electrons. The first-order chi connectivity index (χ1) is 14.7. The fourth-order valence-electron chi connectivity index (χ4n) is 3.66. The molecule has 8 heteroatoms. The van der Waals surface area contributed by atoms with Crippen molar-refractivity contribution in [3.8, 4) is 17.2 Å². The van der Waals surface area contributed by atoms with E-state index >= 15 is 0 Å². The van der Waals surface area contributed by atoms with Gasteiger partial charge in [0.15, 0.2) is 17.5 Å². The summed E-state index contributed by atoms with van der Waals surface area (Å²) in [6.45, 7) is 5.37. The molecule has 1 aliphatic rings. The summed E-state index contributed by atoms with van der Waals surface area (Å²) in [4.78, 5) is 7.18. The molecule has 1 aliphatic heterocycles. The molecule has 0 radical (unpaired) electrons. The van der Waals surface area contributed by atoms with E-state index in [4.69, 9.17) is 19.2 Å². The van der Waals surface area contributed by atoms with E-state index < -0.39 is 0 Å². The van der Waals surface area contributed by atoms with Crippen molar-refractivity contribution in [3.63, 3.8) is 0 Å². The van der Waals surface area contributed by atoms with E-state index in [0.717, 1.165) is 37.6 Å². The zero-order valence-corrected chi connectivity index (χ0v) is 21.0. The Bertz CT molecular complexity index is 823. The minimum absolute atomic E-state index is 0. The molecule has 1 atom stereocenters. The Morgan fingerprint density at radius 2 is 1.74 bits per heavy atom. The second-order valence-electron chi connectivity index (χ2n) is 7.14. The first-order valence-electron chi connectivity index (χ1n) is 10.3. The number of hydrogen-bond donors (Lipinski definition) is 2. The quantitative estimate of drug-likeness (QED) is 0.303. The Kier molecular flexibility index (Phi) is 10.0. The number of guanidine groups is 1. The number of nitrogens with zero attached hydrogens (tertiary/aromatic N) is 2. The van der Waals surface area contributed by atoms with Gasteiger partial charge < -0.3 is 29.7 Å². The Balaban J connectivity index is 0.00000341. The molecule has 31 heavy (non-hydrogen) atoms. The van der Waals surface area contributed by atoms with Gasteiger partial charge in [-0.05, 0) is 43.2 Å². The molecule has 1 unspecified atom stereocenters. The van der Waals surface area contributed by atoms with Gasteiger partial charge in [0, 0.05) is 31.4 Å². The second kappa shape index (κ2) is 12.5. The molecule has 1 fully saturated rings. The van der Waals surface area contributed by atoms with Gasteiger partial charge in [0.25, 0.3) is 0 Å². The predicted molar refractivity (Wildman–Crippen MR) is 137 cm³/mol. The monoisotopic (exact) mass is 540 g/mol. The van der Waals surface area contributed by atoms with Crippen LogP contribution < -0.4 is 29.7 Å². The third kappa shape index (κ3) is 6.56. The van der Waals surface area contributed by atoms with Crippen LogP contribution in [0, 0.1) is 0 Å². The lowest BCUT2D eigenvalue weighted by molar-refractivity contribution is 0.324. The lowest BCUT2D eigenvalue weighted by atomic mass is 10.2. The molecule has 1 saturated heterocycles. The maximum absolute atomic E-state index is 5.44. The summed E-state index contributed by atoms with van der Waals surface area (Å²) in [6.07, 6.45) is 1.07. The number of methoxy groups -OCH3 is 3. The van der Waals surface area contributed by atoms with Crippen molar-refractivity contribution in [3.05, 3.63) is 48.0 Å². The molecule has 7 nitrogen and oxygen atoms in total. The summed E-state index contributed by atoms with van der Waals surface area (Å²) < 4.78 is 16.3. The Morgan fingerprint density at radius 3 is 2.32 bits per heavy atom. The molecule has 2 N–H and O–H groups in total. The van der Waals surface area contributed by atoms with Gasteiger partial charge in [-0.3, -0.25) is 0 Å². The van der Waals surface area contributed by atoms with Crippen molar-refractivity contribution in [1.82, 2.24) is 10.6 Å². The fourth-order valence-corrected chi connectivity index (χ4v) is 3.66. The molecule has 0 aromatic heterocycles. The maximum atomic E-state index is 5.44. The first-order valence-corrected chi connectivity index (χ1v) is 10.3. The zero-order valence-electron chi connectivity index (χ0n) is 18.7. The third-order valence-electron chi connectivity index (χ3n) is 5.14. The molecule has 0 saturated carbocycles. The average Bonchev–Trinajstić information content (AvgIpc) is 3.26. The Labute approximate surface area is 202 Å². The van der Waals surface area contributed by atoms with E-state index in [9.17, 15) is 0 Å². The average molecular weight is 540 g/mol. The van der Waals surface area contributed by atoms with Crippen LogP contribution in [0.15, 0.2) is 47.5 Å². The van der Waals surface area contributed by atoms with Crippen LogP contribution in [0.4, 0.5) is 5.69 Å². The van der Waals surface area contributed by atoms with Crippen LogP contribution in [0.2, 0.25) is 0 Å². The van der Waals surface area contributed by atoms with Crippen molar-refractivity contribution < 1.29 is 14.2 Å². The van der Waals surface area contributed by atoms with E-state index in [1.54, 1.807) is 21.3 Å². The van der Waals surface area contributed by atoms with Gasteiger partial charge >= 0.3 is 0 Å². The van der Waals surface area contributed by atoms with E-state index in [1.165, 1.54) is 5.69 Å². The number of anilines is 1. The summed E-state index contributed by atoms with van der Waals surface area (Å²) in [7, 11) is 4.84. The molecule has 3 rings (SSSR count). The van der Waals surface area contributed by atoms with Crippen LogP contribution in [0.3, 0.4) is 0 Å². The number of aliphatic imine (C=N–C) groups is 1. The van der Waals surface area contributed by atoms with Crippen LogP contribution in [0.1, 0.15) is 18.9 Å². The fraction of sp³-hybridized carbons (Fsp3) is 0.435. The summed E-state index contributed by atoms with van der Waals surface area (Å²) in [6, 6.07) is 14.7. The number of halogens is 1. The Hall–Kier alpha value is -2.36. The zero-order chi connectivity index (χ0) is 21.3. The number of para-hydroxylation sites is 1. The van der Waals surface area contributed by atoms with Gasteiger partial charge in [0.05, 0.1) is 27.9 Å². The van der Waals surface area contributed by atoms with Crippen LogP contribution in [-0.2, 0) is 6.54 Å². The molecular weight excluding hydrogens is 507 g/mol. The van der Waals surface area contributed by atoms with Gasteiger partial charge in [-0.1, -0.05) is 18.2 Å². The highest BCUT2D eigenvalue weighted by molar-refractivity contribution is 14.0. The van der Waals surface area contributed by atoms with E-state index in [-0.39, 0.29) is 24.0 Å². The maximum Gasteiger partial charge on any atom is 0.203 e. The van der Waals surface area contributed by atoms with Crippen molar-refractivity contribution in [1.29, 1.82) is 0 Å². The smallest absolute Gasteiger partial charge is 0.203 e. The number of ether oxygens (including phenoxy) is 3. The normalized spacial score (nSPS) is 15.8. The van der Waals surface area contributed by atoms with Crippen molar-refractivity contribution in [2.75, 3.05) is 45.9 Å². The number of benzene rings is 2. The topological polar surface area (TPSA) is 67.4 Å². The minimum Gasteiger partial charge on any atom is -0.493 e. The van der Waals surface area contributed by atoms with Crippen molar-refractivity contribution >= 4 is 35.6 Å². The molecule has 0 aliphatic carbocycles. The van der Waals surface area contributed by atoms with Crippen molar-refractivity contribution in [2.45, 2.75) is 25.9 Å². The summed E-state index contributed by atoms with van der Waals surface area (Å²) in [5.41, 5.74) is 2.25. The lowest BCUT2D eigenvalue weighted by Crippen LogP contribution is -2.44. The van der Waals surface area contributed by atoms with Gasteiger partial charge in [0.1, 0.15) is 0 Å². The number of nitrogens with one attached hydrogen (secondary N) is 2. The molecular formula is C23H33IN4O3. The molecule has 2 aromatic carbocycles. The summed E-state index contributed by atoms with van der Waals surface area (Å²) >= 11 is 0. The van der Waals surface area contributed by atoms with Crippen LogP contribution in [0.5, 0.6) is 17.2 Å². The molecule has 2 aromatic rings. The Morgan fingerprint density at radius 1 is 1.06 bits per heavy atom. The molecule has 1 heterocycles. The highest BCUT2D eigenvalue weighted by Crippen LogP contribution is 2.38. The summed E-state index contributed by atoms with van der Waals surface area (Å²) in [5.74, 6) is 2.67. The van der Waals surface area contributed by atoms with Gasteiger partial charge in [-0.25, -0.2) is 4.99 Å². The predicted octanol–water partition coefficient (Wildman–Crippen LogP) is 3.66. The lowest BCUT2D eigenvalue weighted by Gasteiger charge is -2.20. The number of rotatable bonds is 8. The summed E-state index contributed by atoms with van der Waals surface area (Å²) in [5, 5.41) is 6.92. The molecule has 0 spiro atoms.